The molecule has 0 spiro atoms. The van der Waals surface area contributed by atoms with Crippen molar-refractivity contribution in [1.82, 2.24) is 4.57 Å². The normalized spacial score (nSPS) is 14.1. The summed E-state index contributed by atoms with van der Waals surface area (Å²) >= 11 is 1.37. The molecule has 0 radical (unpaired) electrons. The Morgan fingerprint density at radius 2 is 1.85 bits per heavy atom. The van der Waals surface area contributed by atoms with Gasteiger partial charge in [0.25, 0.3) is 5.91 Å². The number of hydrogen-bond acceptors (Lipinski definition) is 6. The zero-order valence-corrected chi connectivity index (χ0v) is 16.3. The molecular formula is C18H16N2O5S2. The molecular weight excluding hydrogens is 388 g/mol. The summed E-state index contributed by atoms with van der Waals surface area (Å²) in [6, 6.07) is 9.58. The molecule has 9 heteroatoms. The van der Waals surface area contributed by atoms with Gasteiger partial charge in [0, 0.05) is 24.7 Å². The highest BCUT2D eigenvalue weighted by Crippen LogP contribution is 2.36. The highest BCUT2D eigenvalue weighted by Gasteiger charge is 2.17. The maximum Gasteiger partial charge on any atom is 0.279 e. The molecule has 0 atom stereocenters. The molecule has 4 rings (SSSR count). The van der Waals surface area contributed by atoms with Crippen molar-refractivity contribution in [3.63, 3.8) is 0 Å². The van der Waals surface area contributed by atoms with Crippen LogP contribution in [-0.4, -0.2) is 31.4 Å². The van der Waals surface area contributed by atoms with E-state index in [2.05, 4.69) is 4.99 Å². The Hall–Kier alpha value is -2.65. The van der Waals surface area contributed by atoms with Crippen molar-refractivity contribution in [2.75, 3.05) is 12.5 Å². The van der Waals surface area contributed by atoms with Gasteiger partial charge >= 0.3 is 0 Å². The van der Waals surface area contributed by atoms with E-state index in [0.29, 0.717) is 21.9 Å². The van der Waals surface area contributed by atoms with E-state index in [9.17, 15) is 13.2 Å². The second kappa shape index (κ2) is 6.50. The van der Waals surface area contributed by atoms with Crippen molar-refractivity contribution < 1.29 is 22.7 Å². The van der Waals surface area contributed by atoms with E-state index in [1.807, 2.05) is 23.7 Å². The lowest BCUT2D eigenvalue weighted by molar-refractivity contribution is 0.0998. The summed E-state index contributed by atoms with van der Waals surface area (Å²) in [4.78, 5) is 17.4. The fourth-order valence-electron chi connectivity index (χ4n) is 2.75. The number of ether oxygens (including phenoxy) is 2. The van der Waals surface area contributed by atoms with Gasteiger partial charge in [-0.2, -0.15) is 4.99 Å². The summed E-state index contributed by atoms with van der Waals surface area (Å²) in [5.41, 5.74) is 1.22. The monoisotopic (exact) mass is 404 g/mol. The number of carbonyl (C=O) groups excluding carboxylic acids is 1. The van der Waals surface area contributed by atoms with Gasteiger partial charge in [0.05, 0.1) is 20.9 Å². The number of nitrogens with zero attached hydrogens (tertiary/aromatic N) is 2. The summed E-state index contributed by atoms with van der Waals surface area (Å²) in [5, 5.41) is 0. The van der Waals surface area contributed by atoms with Crippen molar-refractivity contribution in [2.24, 2.45) is 12.0 Å². The van der Waals surface area contributed by atoms with Gasteiger partial charge in [-0.3, -0.25) is 4.79 Å². The number of carbonyl (C=O) groups is 1. The van der Waals surface area contributed by atoms with Crippen molar-refractivity contribution in [2.45, 2.75) is 11.8 Å². The molecule has 1 aliphatic heterocycles. The van der Waals surface area contributed by atoms with Crippen molar-refractivity contribution in [3.8, 4) is 11.5 Å². The standard InChI is InChI=1S/C18H16N2O5S2/c1-3-27(22,23)12-6-4-11(5-7-12)17(21)19-18-20(2)13-8-14-15(25-10-24-14)9-16(13)26-18/h4-9H,3,10H2,1-2H3. The van der Waals surface area contributed by atoms with Crippen LogP contribution in [0.4, 0.5) is 0 Å². The lowest BCUT2D eigenvalue weighted by atomic mass is 10.2. The van der Waals surface area contributed by atoms with Gasteiger partial charge in [0.15, 0.2) is 26.1 Å². The molecule has 0 saturated heterocycles. The number of sulfone groups is 1. The topological polar surface area (TPSA) is 87.0 Å². The van der Waals surface area contributed by atoms with Crippen LogP contribution in [0, 0.1) is 0 Å². The number of aromatic nitrogens is 1. The number of thiazole rings is 1. The maximum absolute atomic E-state index is 12.5. The maximum atomic E-state index is 12.5. The fraction of sp³-hybridized carbons (Fsp3) is 0.222. The Labute approximate surface area is 159 Å². The summed E-state index contributed by atoms with van der Waals surface area (Å²) in [6.07, 6.45) is 0. The largest absolute Gasteiger partial charge is 0.454 e. The van der Waals surface area contributed by atoms with E-state index in [1.54, 1.807) is 6.92 Å². The highest BCUT2D eigenvalue weighted by molar-refractivity contribution is 7.91. The summed E-state index contributed by atoms with van der Waals surface area (Å²) < 4.78 is 37.3. The van der Waals surface area contributed by atoms with Gasteiger partial charge in [-0.15, -0.1) is 0 Å². The second-order valence-corrected chi connectivity index (χ2v) is 9.25. The fourth-order valence-corrected chi connectivity index (χ4v) is 4.66. The molecule has 3 aromatic rings. The third-order valence-electron chi connectivity index (χ3n) is 4.34. The number of hydrogen-bond donors (Lipinski definition) is 0. The number of fused-ring (bicyclic) bond motifs is 2. The summed E-state index contributed by atoms with van der Waals surface area (Å²) in [5.74, 6) is 0.925. The lowest BCUT2D eigenvalue weighted by Gasteiger charge is -2.01. The van der Waals surface area contributed by atoms with E-state index in [4.69, 9.17) is 9.47 Å². The Kier molecular flexibility index (Phi) is 4.27. The number of amides is 1. The zero-order chi connectivity index (χ0) is 19.2. The number of rotatable bonds is 3. The third kappa shape index (κ3) is 3.13. The molecule has 0 unspecified atom stereocenters. The van der Waals surface area contributed by atoms with Gasteiger partial charge in [-0.05, 0) is 24.3 Å². The first kappa shape index (κ1) is 17.7. The van der Waals surface area contributed by atoms with Crippen molar-refractivity contribution in [1.29, 1.82) is 0 Å². The van der Waals surface area contributed by atoms with E-state index in [0.717, 1.165) is 10.2 Å². The molecule has 2 heterocycles. The lowest BCUT2D eigenvalue weighted by Crippen LogP contribution is -2.13. The first-order valence-electron chi connectivity index (χ1n) is 8.20. The SMILES string of the molecule is CCS(=O)(=O)c1ccc(C(=O)N=c2sc3cc4c(cc3n2C)OCO4)cc1. The Morgan fingerprint density at radius 1 is 1.19 bits per heavy atom. The molecule has 1 amide bonds. The van der Waals surface area contributed by atoms with E-state index in [1.165, 1.54) is 35.6 Å². The predicted molar refractivity (Wildman–Crippen MR) is 101 cm³/mol. The minimum absolute atomic E-state index is 0.0136. The minimum atomic E-state index is -3.30. The van der Waals surface area contributed by atoms with E-state index in [-0.39, 0.29) is 17.4 Å². The van der Waals surface area contributed by atoms with Gasteiger partial charge in [-0.1, -0.05) is 18.3 Å². The van der Waals surface area contributed by atoms with Gasteiger partial charge in [0.1, 0.15) is 0 Å². The molecule has 7 nitrogen and oxygen atoms in total. The molecule has 0 bridgehead atoms. The average molecular weight is 404 g/mol. The van der Waals surface area contributed by atoms with Crippen LogP contribution in [0.15, 0.2) is 46.3 Å². The first-order valence-corrected chi connectivity index (χ1v) is 10.7. The van der Waals surface area contributed by atoms with E-state index >= 15 is 0 Å². The average Bonchev–Trinajstić information content (AvgIpc) is 3.24. The summed E-state index contributed by atoms with van der Waals surface area (Å²) in [7, 11) is -1.47. The zero-order valence-electron chi connectivity index (χ0n) is 14.6. The van der Waals surface area contributed by atoms with Crippen LogP contribution in [0.2, 0.25) is 0 Å². The molecule has 0 saturated carbocycles. The van der Waals surface area contributed by atoms with Crippen LogP contribution in [0.25, 0.3) is 10.2 Å². The quantitative estimate of drug-likeness (QED) is 0.669. The van der Waals surface area contributed by atoms with Crippen LogP contribution in [0.5, 0.6) is 11.5 Å². The van der Waals surface area contributed by atoms with Gasteiger partial charge in [0.2, 0.25) is 6.79 Å². The molecule has 0 fully saturated rings. The second-order valence-electron chi connectivity index (χ2n) is 5.96. The molecule has 27 heavy (non-hydrogen) atoms. The summed E-state index contributed by atoms with van der Waals surface area (Å²) in [6.45, 7) is 1.78. The Balaban J connectivity index is 1.71. The molecule has 1 aliphatic rings. The smallest absolute Gasteiger partial charge is 0.279 e. The molecule has 0 N–H and O–H groups in total. The van der Waals surface area contributed by atoms with Crippen LogP contribution in [-0.2, 0) is 16.9 Å². The molecule has 2 aromatic carbocycles. The van der Waals surface area contributed by atoms with Crippen molar-refractivity contribution in [3.05, 3.63) is 46.8 Å². The number of aryl methyl sites for hydroxylation is 1. The third-order valence-corrected chi connectivity index (χ3v) is 7.19. The van der Waals surface area contributed by atoms with Gasteiger partial charge < -0.3 is 14.0 Å². The van der Waals surface area contributed by atoms with Crippen LogP contribution in [0.3, 0.4) is 0 Å². The minimum Gasteiger partial charge on any atom is -0.454 e. The van der Waals surface area contributed by atoms with E-state index < -0.39 is 15.7 Å². The van der Waals surface area contributed by atoms with Gasteiger partial charge in [-0.25, -0.2) is 8.42 Å². The van der Waals surface area contributed by atoms with Crippen molar-refractivity contribution >= 4 is 37.3 Å². The first-order chi connectivity index (χ1) is 12.9. The Bertz CT molecular complexity index is 1220. The predicted octanol–water partition coefficient (Wildman–Crippen LogP) is 2.50. The van der Waals surface area contributed by atoms with Crippen LogP contribution < -0.4 is 14.3 Å². The molecule has 1 aromatic heterocycles. The number of benzene rings is 2. The van der Waals surface area contributed by atoms with Crippen LogP contribution >= 0.6 is 11.3 Å². The van der Waals surface area contributed by atoms with Crippen LogP contribution in [0.1, 0.15) is 17.3 Å². The Morgan fingerprint density at radius 3 is 2.52 bits per heavy atom. The highest BCUT2D eigenvalue weighted by atomic mass is 32.2. The molecule has 0 aliphatic carbocycles. The molecule has 140 valence electrons.